The lowest BCUT2D eigenvalue weighted by atomic mass is 10.0. The Hall–Kier alpha value is -2.32. The first-order valence-corrected chi connectivity index (χ1v) is 6.31. The van der Waals surface area contributed by atoms with Gasteiger partial charge in [-0.3, -0.25) is 9.59 Å². The van der Waals surface area contributed by atoms with E-state index < -0.39 is 6.04 Å². The van der Waals surface area contributed by atoms with Crippen LogP contribution in [0.4, 0.5) is 0 Å². The number of hydrogen-bond acceptors (Lipinski definition) is 3. The first-order chi connectivity index (χ1) is 9.49. The SMILES string of the molecule is CNC(=O)C(C)NC(=O)c1ccc(C#CCN)c(C)c1. The zero-order valence-corrected chi connectivity index (χ0v) is 11.9. The summed E-state index contributed by atoms with van der Waals surface area (Å²) in [5, 5.41) is 5.11. The number of benzene rings is 1. The zero-order chi connectivity index (χ0) is 15.1. The molecule has 5 nitrogen and oxygen atoms in total. The van der Waals surface area contributed by atoms with Crippen molar-refractivity contribution in [3.8, 4) is 11.8 Å². The third-order valence-electron chi connectivity index (χ3n) is 2.80. The van der Waals surface area contributed by atoms with Crippen molar-refractivity contribution in [2.24, 2.45) is 5.73 Å². The summed E-state index contributed by atoms with van der Waals surface area (Å²) >= 11 is 0. The Morgan fingerprint density at radius 3 is 2.65 bits per heavy atom. The van der Waals surface area contributed by atoms with Crippen LogP contribution in [0.25, 0.3) is 0 Å². The van der Waals surface area contributed by atoms with Gasteiger partial charge < -0.3 is 16.4 Å². The molecule has 0 saturated heterocycles. The van der Waals surface area contributed by atoms with Crippen LogP contribution < -0.4 is 16.4 Å². The normalized spacial score (nSPS) is 11.0. The van der Waals surface area contributed by atoms with E-state index in [9.17, 15) is 9.59 Å². The highest BCUT2D eigenvalue weighted by atomic mass is 16.2. The molecule has 5 heteroatoms. The largest absolute Gasteiger partial charge is 0.357 e. The van der Waals surface area contributed by atoms with Gasteiger partial charge in [-0.05, 0) is 37.6 Å². The average molecular weight is 273 g/mol. The van der Waals surface area contributed by atoms with Crippen LogP contribution in [-0.4, -0.2) is 31.4 Å². The monoisotopic (exact) mass is 273 g/mol. The fraction of sp³-hybridized carbons (Fsp3) is 0.333. The van der Waals surface area contributed by atoms with Gasteiger partial charge >= 0.3 is 0 Å². The van der Waals surface area contributed by atoms with Crippen LogP contribution in [0.5, 0.6) is 0 Å². The van der Waals surface area contributed by atoms with Gasteiger partial charge in [0.15, 0.2) is 0 Å². The number of carbonyl (C=O) groups is 2. The van der Waals surface area contributed by atoms with E-state index in [2.05, 4.69) is 22.5 Å². The van der Waals surface area contributed by atoms with Gasteiger partial charge in [0.25, 0.3) is 5.91 Å². The maximum atomic E-state index is 12.0. The quantitative estimate of drug-likeness (QED) is 0.686. The molecule has 0 aliphatic rings. The maximum absolute atomic E-state index is 12.0. The summed E-state index contributed by atoms with van der Waals surface area (Å²) < 4.78 is 0. The van der Waals surface area contributed by atoms with E-state index in [1.165, 1.54) is 7.05 Å². The van der Waals surface area contributed by atoms with Gasteiger partial charge in [-0.15, -0.1) is 0 Å². The summed E-state index contributed by atoms with van der Waals surface area (Å²) in [5.74, 6) is 5.18. The number of likely N-dealkylation sites (N-methyl/N-ethyl adjacent to an activating group) is 1. The van der Waals surface area contributed by atoms with Crippen LogP contribution in [0.15, 0.2) is 18.2 Å². The summed E-state index contributed by atoms with van der Waals surface area (Å²) in [6, 6.07) is 4.62. The molecule has 0 aliphatic carbocycles. The number of nitrogens with two attached hydrogens (primary N) is 1. The van der Waals surface area contributed by atoms with Crippen molar-refractivity contribution in [2.75, 3.05) is 13.6 Å². The van der Waals surface area contributed by atoms with Crippen LogP contribution in [0.2, 0.25) is 0 Å². The van der Waals surface area contributed by atoms with Crippen molar-refractivity contribution in [3.63, 3.8) is 0 Å². The molecule has 0 aliphatic heterocycles. The van der Waals surface area contributed by atoms with E-state index >= 15 is 0 Å². The zero-order valence-electron chi connectivity index (χ0n) is 11.9. The molecule has 106 valence electrons. The molecule has 1 aromatic rings. The molecule has 0 fully saturated rings. The molecule has 0 saturated carbocycles. The Kier molecular flexibility index (Phi) is 5.75. The van der Waals surface area contributed by atoms with Crippen molar-refractivity contribution in [3.05, 3.63) is 34.9 Å². The predicted octanol–water partition coefficient (Wildman–Crippen LogP) is 0.170. The van der Waals surface area contributed by atoms with Gasteiger partial charge in [-0.1, -0.05) is 11.8 Å². The van der Waals surface area contributed by atoms with Crippen molar-refractivity contribution in [1.29, 1.82) is 0 Å². The molecule has 20 heavy (non-hydrogen) atoms. The first-order valence-electron chi connectivity index (χ1n) is 6.31. The lowest BCUT2D eigenvalue weighted by Crippen LogP contribution is -2.43. The maximum Gasteiger partial charge on any atom is 0.251 e. The van der Waals surface area contributed by atoms with Gasteiger partial charge in [0.2, 0.25) is 5.91 Å². The molecule has 1 rings (SSSR count). The second-order valence-electron chi connectivity index (χ2n) is 4.35. The highest BCUT2D eigenvalue weighted by Gasteiger charge is 2.15. The van der Waals surface area contributed by atoms with Crippen LogP contribution in [0, 0.1) is 18.8 Å². The number of carbonyl (C=O) groups excluding carboxylic acids is 2. The Balaban J connectivity index is 2.85. The summed E-state index contributed by atoms with van der Waals surface area (Å²) in [5.41, 5.74) is 7.56. The van der Waals surface area contributed by atoms with Crippen LogP contribution in [-0.2, 0) is 4.79 Å². The van der Waals surface area contributed by atoms with Crippen molar-refractivity contribution in [2.45, 2.75) is 19.9 Å². The molecule has 1 unspecified atom stereocenters. The number of rotatable bonds is 3. The number of hydrogen-bond donors (Lipinski definition) is 3. The third-order valence-corrected chi connectivity index (χ3v) is 2.80. The predicted molar refractivity (Wildman–Crippen MR) is 78.1 cm³/mol. The lowest BCUT2D eigenvalue weighted by molar-refractivity contribution is -0.122. The molecule has 0 heterocycles. The van der Waals surface area contributed by atoms with Crippen molar-refractivity contribution >= 4 is 11.8 Å². The van der Waals surface area contributed by atoms with E-state index in [4.69, 9.17) is 5.73 Å². The third kappa shape index (κ3) is 4.11. The van der Waals surface area contributed by atoms with E-state index in [1.54, 1.807) is 25.1 Å². The summed E-state index contributed by atoms with van der Waals surface area (Å²) in [4.78, 5) is 23.4. The van der Waals surface area contributed by atoms with Crippen LogP contribution >= 0.6 is 0 Å². The van der Waals surface area contributed by atoms with E-state index in [0.29, 0.717) is 12.1 Å². The van der Waals surface area contributed by atoms with Gasteiger partial charge in [-0.2, -0.15) is 0 Å². The highest BCUT2D eigenvalue weighted by Crippen LogP contribution is 2.10. The molecule has 0 radical (unpaired) electrons. The second-order valence-corrected chi connectivity index (χ2v) is 4.35. The number of aryl methyl sites for hydroxylation is 1. The fourth-order valence-corrected chi connectivity index (χ4v) is 1.65. The average Bonchev–Trinajstić information content (AvgIpc) is 2.44. The minimum Gasteiger partial charge on any atom is -0.357 e. The van der Waals surface area contributed by atoms with Crippen molar-refractivity contribution in [1.82, 2.24) is 10.6 Å². The molecular formula is C15H19N3O2. The molecule has 2 amide bonds. The number of nitrogens with one attached hydrogen (secondary N) is 2. The molecule has 1 aromatic carbocycles. The Labute approximate surface area is 118 Å². The Morgan fingerprint density at radius 2 is 2.10 bits per heavy atom. The molecule has 1 atom stereocenters. The minimum atomic E-state index is -0.579. The van der Waals surface area contributed by atoms with Crippen LogP contribution in [0.1, 0.15) is 28.4 Å². The van der Waals surface area contributed by atoms with Crippen molar-refractivity contribution < 1.29 is 9.59 Å². The van der Waals surface area contributed by atoms with E-state index in [-0.39, 0.29) is 11.8 Å². The second kappa shape index (κ2) is 7.31. The van der Waals surface area contributed by atoms with Gasteiger partial charge in [0, 0.05) is 18.2 Å². The number of amides is 2. The molecule has 0 aromatic heterocycles. The minimum absolute atomic E-state index is 0.236. The van der Waals surface area contributed by atoms with Gasteiger partial charge in [-0.25, -0.2) is 0 Å². The molecular weight excluding hydrogens is 254 g/mol. The molecule has 0 bridgehead atoms. The van der Waals surface area contributed by atoms with Crippen LogP contribution in [0.3, 0.4) is 0 Å². The topological polar surface area (TPSA) is 84.2 Å². The first kappa shape index (κ1) is 15.7. The standard InChI is InChI=1S/C15H19N3O2/c1-10-9-13(7-6-12(10)5-4-8-16)15(20)18-11(2)14(19)17-3/h6-7,9,11H,8,16H2,1-3H3,(H,17,19)(H,18,20). The Morgan fingerprint density at radius 1 is 1.40 bits per heavy atom. The van der Waals surface area contributed by atoms with Gasteiger partial charge in [0.05, 0.1) is 6.54 Å². The van der Waals surface area contributed by atoms with E-state index in [0.717, 1.165) is 11.1 Å². The fourth-order valence-electron chi connectivity index (χ4n) is 1.65. The smallest absolute Gasteiger partial charge is 0.251 e. The Bertz CT molecular complexity index is 570. The summed E-state index contributed by atoms with van der Waals surface area (Å²) in [6.07, 6.45) is 0. The van der Waals surface area contributed by atoms with E-state index in [1.807, 2.05) is 6.92 Å². The molecule has 4 N–H and O–H groups in total. The summed E-state index contributed by atoms with van der Waals surface area (Å²) in [6.45, 7) is 3.80. The molecule has 0 spiro atoms. The highest BCUT2D eigenvalue weighted by molar-refractivity contribution is 5.97. The van der Waals surface area contributed by atoms with Gasteiger partial charge in [0.1, 0.15) is 6.04 Å². The lowest BCUT2D eigenvalue weighted by Gasteiger charge is -2.12. The summed E-state index contributed by atoms with van der Waals surface area (Å²) in [7, 11) is 1.53.